The van der Waals surface area contributed by atoms with Crippen molar-refractivity contribution < 1.29 is 13.2 Å². The number of nitrogens with zero attached hydrogens (tertiary/aromatic N) is 2. The number of sulfone groups is 1. The van der Waals surface area contributed by atoms with Gasteiger partial charge in [0.25, 0.3) is 0 Å². The molecular weight excluding hydrogens is 276 g/mol. The maximum Gasteiger partial charge on any atom is 0.223 e. The van der Waals surface area contributed by atoms with Crippen molar-refractivity contribution in [1.82, 2.24) is 9.80 Å². The largest absolute Gasteiger partial charge is 0.339 e. The van der Waals surface area contributed by atoms with E-state index in [1.807, 2.05) is 11.9 Å². The van der Waals surface area contributed by atoms with Crippen molar-refractivity contribution in [3.05, 3.63) is 0 Å². The first-order valence-electron chi connectivity index (χ1n) is 7.51. The summed E-state index contributed by atoms with van der Waals surface area (Å²) in [4.78, 5) is 16.2. The van der Waals surface area contributed by atoms with Gasteiger partial charge in [0, 0.05) is 38.4 Å². The topological polar surface area (TPSA) is 57.7 Å². The highest BCUT2D eigenvalue weighted by Crippen LogP contribution is 2.29. The Kier molecular flexibility index (Phi) is 5.07. The molecule has 0 spiro atoms. The van der Waals surface area contributed by atoms with Crippen LogP contribution in [0.3, 0.4) is 0 Å². The molecule has 0 aromatic carbocycles. The summed E-state index contributed by atoms with van der Waals surface area (Å²) in [6.45, 7) is 2.21. The molecule has 5 nitrogen and oxygen atoms in total. The van der Waals surface area contributed by atoms with Crippen molar-refractivity contribution in [2.75, 3.05) is 38.7 Å². The van der Waals surface area contributed by atoms with Gasteiger partial charge in [-0.2, -0.15) is 0 Å². The van der Waals surface area contributed by atoms with Crippen LogP contribution in [-0.4, -0.2) is 68.9 Å². The molecule has 1 amide bonds. The summed E-state index contributed by atoms with van der Waals surface area (Å²) >= 11 is 0. The number of rotatable bonds is 6. The minimum atomic E-state index is -2.91. The second kappa shape index (κ2) is 6.43. The Morgan fingerprint density at radius 3 is 2.55 bits per heavy atom. The minimum absolute atomic E-state index is 0.191. The molecule has 1 saturated heterocycles. The van der Waals surface area contributed by atoms with Crippen LogP contribution in [0.5, 0.6) is 0 Å². The van der Waals surface area contributed by atoms with E-state index in [1.54, 1.807) is 0 Å². The number of carbonyl (C=O) groups excluding carboxylic acids is 1. The lowest BCUT2D eigenvalue weighted by Crippen LogP contribution is -2.36. The molecule has 1 aliphatic heterocycles. The number of hydrogen-bond acceptors (Lipinski definition) is 4. The Balaban J connectivity index is 1.78. The van der Waals surface area contributed by atoms with E-state index >= 15 is 0 Å². The monoisotopic (exact) mass is 302 g/mol. The van der Waals surface area contributed by atoms with Gasteiger partial charge in [-0.25, -0.2) is 8.42 Å². The highest BCUT2D eigenvalue weighted by Gasteiger charge is 2.35. The third-order valence-corrected chi connectivity index (χ3v) is 5.34. The Morgan fingerprint density at radius 2 is 1.95 bits per heavy atom. The van der Waals surface area contributed by atoms with Crippen molar-refractivity contribution in [3.8, 4) is 0 Å². The van der Waals surface area contributed by atoms with Gasteiger partial charge < -0.3 is 9.80 Å². The Labute approximate surface area is 122 Å². The minimum Gasteiger partial charge on any atom is -0.339 e. The van der Waals surface area contributed by atoms with Gasteiger partial charge >= 0.3 is 0 Å². The smallest absolute Gasteiger partial charge is 0.223 e. The van der Waals surface area contributed by atoms with Crippen molar-refractivity contribution in [2.24, 2.45) is 5.92 Å². The zero-order valence-electron chi connectivity index (χ0n) is 12.5. The SMILES string of the molecule is CN(CCS(C)(=O)=O)CC1CC(=O)N(C2CCCC2)C1. The molecular formula is C14H26N2O3S. The van der Waals surface area contributed by atoms with Gasteiger partial charge in [-0.15, -0.1) is 0 Å². The first-order chi connectivity index (χ1) is 9.35. The zero-order chi connectivity index (χ0) is 14.8. The molecule has 1 heterocycles. The zero-order valence-corrected chi connectivity index (χ0v) is 13.4. The molecule has 2 rings (SSSR count). The molecule has 2 aliphatic rings. The third kappa shape index (κ3) is 4.45. The van der Waals surface area contributed by atoms with Crippen molar-refractivity contribution in [3.63, 3.8) is 0 Å². The summed E-state index contributed by atoms with van der Waals surface area (Å²) in [6.07, 6.45) is 6.69. The molecule has 0 radical (unpaired) electrons. The van der Waals surface area contributed by atoms with E-state index in [2.05, 4.69) is 4.90 Å². The summed E-state index contributed by atoms with van der Waals surface area (Å²) in [6, 6.07) is 0.467. The molecule has 0 N–H and O–H groups in total. The van der Waals surface area contributed by atoms with Crippen LogP contribution in [0.25, 0.3) is 0 Å². The van der Waals surface area contributed by atoms with E-state index in [0.717, 1.165) is 25.9 Å². The van der Waals surface area contributed by atoms with Gasteiger partial charge in [0.2, 0.25) is 5.91 Å². The lowest BCUT2D eigenvalue weighted by Gasteiger charge is -2.25. The molecule has 1 unspecified atom stereocenters. The maximum atomic E-state index is 12.1. The molecule has 0 aromatic rings. The van der Waals surface area contributed by atoms with Crippen molar-refractivity contribution in [1.29, 1.82) is 0 Å². The Hall–Kier alpha value is -0.620. The highest BCUT2D eigenvalue weighted by atomic mass is 32.2. The molecule has 0 aromatic heterocycles. The van der Waals surface area contributed by atoms with E-state index < -0.39 is 9.84 Å². The predicted molar refractivity (Wildman–Crippen MR) is 79.3 cm³/mol. The molecule has 0 bridgehead atoms. The molecule has 6 heteroatoms. The fourth-order valence-corrected chi connectivity index (χ4v) is 4.00. The van der Waals surface area contributed by atoms with E-state index in [0.29, 0.717) is 30.8 Å². The first-order valence-corrected chi connectivity index (χ1v) is 9.57. The van der Waals surface area contributed by atoms with Crippen molar-refractivity contribution in [2.45, 2.75) is 38.1 Å². The summed E-state index contributed by atoms with van der Waals surface area (Å²) in [5, 5.41) is 0. The van der Waals surface area contributed by atoms with Crippen LogP contribution in [0.4, 0.5) is 0 Å². The second-order valence-electron chi connectivity index (χ2n) is 6.45. The predicted octanol–water partition coefficient (Wildman–Crippen LogP) is 0.754. The average Bonchev–Trinajstić information content (AvgIpc) is 2.95. The van der Waals surface area contributed by atoms with E-state index in [1.165, 1.54) is 19.1 Å². The Bertz CT molecular complexity index is 443. The van der Waals surface area contributed by atoms with Crippen LogP contribution in [0, 0.1) is 5.92 Å². The number of amides is 1. The fraction of sp³-hybridized carbons (Fsp3) is 0.929. The van der Waals surface area contributed by atoms with E-state index in [4.69, 9.17) is 0 Å². The number of carbonyl (C=O) groups is 1. The number of likely N-dealkylation sites (tertiary alicyclic amines) is 1. The summed E-state index contributed by atoms with van der Waals surface area (Å²) in [5.41, 5.74) is 0. The van der Waals surface area contributed by atoms with Gasteiger partial charge in [0.15, 0.2) is 0 Å². The maximum absolute atomic E-state index is 12.1. The summed E-state index contributed by atoms with van der Waals surface area (Å²) < 4.78 is 22.3. The molecule has 1 saturated carbocycles. The van der Waals surface area contributed by atoms with Crippen LogP contribution < -0.4 is 0 Å². The molecule has 1 atom stereocenters. The summed E-state index contributed by atoms with van der Waals surface area (Å²) in [7, 11) is -0.968. The first kappa shape index (κ1) is 15.8. The Morgan fingerprint density at radius 1 is 1.30 bits per heavy atom. The van der Waals surface area contributed by atoms with Crippen molar-refractivity contribution >= 4 is 15.7 Å². The number of hydrogen-bond donors (Lipinski definition) is 0. The second-order valence-corrected chi connectivity index (χ2v) is 8.71. The van der Waals surface area contributed by atoms with Gasteiger partial charge in [0.1, 0.15) is 9.84 Å². The average molecular weight is 302 g/mol. The van der Waals surface area contributed by atoms with Crippen LogP contribution in [0.1, 0.15) is 32.1 Å². The molecule has 1 aliphatic carbocycles. The van der Waals surface area contributed by atoms with Crippen LogP contribution in [0.15, 0.2) is 0 Å². The van der Waals surface area contributed by atoms with Gasteiger partial charge in [-0.1, -0.05) is 12.8 Å². The standard InChI is InChI=1S/C14H26N2O3S/c1-15(7-8-20(2,18)19)10-12-9-14(17)16(11-12)13-5-3-4-6-13/h12-13H,3-11H2,1-2H3. The quantitative estimate of drug-likeness (QED) is 0.727. The fourth-order valence-electron chi connectivity index (χ4n) is 3.35. The molecule has 20 heavy (non-hydrogen) atoms. The summed E-state index contributed by atoms with van der Waals surface area (Å²) in [5.74, 6) is 0.835. The lowest BCUT2D eigenvalue weighted by molar-refractivity contribution is -0.129. The lowest BCUT2D eigenvalue weighted by atomic mass is 10.1. The molecule has 116 valence electrons. The third-order valence-electron chi connectivity index (χ3n) is 4.42. The van der Waals surface area contributed by atoms with Gasteiger partial charge in [0.05, 0.1) is 5.75 Å². The van der Waals surface area contributed by atoms with Gasteiger partial charge in [-0.3, -0.25) is 4.79 Å². The molecule has 2 fully saturated rings. The van der Waals surface area contributed by atoms with E-state index in [-0.39, 0.29) is 5.75 Å². The van der Waals surface area contributed by atoms with Crippen LogP contribution in [-0.2, 0) is 14.6 Å². The van der Waals surface area contributed by atoms with Crippen LogP contribution >= 0.6 is 0 Å². The highest BCUT2D eigenvalue weighted by molar-refractivity contribution is 7.90. The van der Waals surface area contributed by atoms with Gasteiger partial charge in [-0.05, 0) is 25.8 Å². The normalized spacial score (nSPS) is 25.1. The van der Waals surface area contributed by atoms with Crippen LogP contribution in [0.2, 0.25) is 0 Å². The van der Waals surface area contributed by atoms with E-state index in [9.17, 15) is 13.2 Å².